The predicted octanol–water partition coefficient (Wildman–Crippen LogP) is 2.42. The number of amides is 1. The van der Waals surface area contributed by atoms with Gasteiger partial charge in [-0.3, -0.25) is 4.79 Å². The number of hydrogen-bond donors (Lipinski definition) is 1. The van der Waals surface area contributed by atoms with Crippen LogP contribution in [0.1, 0.15) is 29.0 Å². The van der Waals surface area contributed by atoms with Crippen molar-refractivity contribution in [3.8, 4) is 11.5 Å². The van der Waals surface area contributed by atoms with E-state index in [-0.39, 0.29) is 22.5 Å². The summed E-state index contributed by atoms with van der Waals surface area (Å²) in [7, 11) is -2.13. The molecule has 8 nitrogen and oxygen atoms in total. The summed E-state index contributed by atoms with van der Waals surface area (Å²) in [6, 6.07) is 10.6. The van der Waals surface area contributed by atoms with Gasteiger partial charge >= 0.3 is 0 Å². The minimum Gasteiger partial charge on any atom is -0.461 e. The van der Waals surface area contributed by atoms with Crippen molar-refractivity contribution < 1.29 is 22.2 Å². The molecular formula is C17H17N3O5S. The van der Waals surface area contributed by atoms with E-state index in [1.165, 1.54) is 29.4 Å². The van der Waals surface area contributed by atoms with E-state index in [4.69, 9.17) is 14.1 Å². The second-order valence-electron chi connectivity index (χ2n) is 5.76. The molecule has 0 radical (unpaired) electrons. The number of hydrogen-bond acceptors (Lipinski definition) is 6. The number of primary sulfonamides is 1. The second kappa shape index (κ2) is 6.77. The predicted molar refractivity (Wildman–Crippen MR) is 92.5 cm³/mol. The first-order valence-corrected chi connectivity index (χ1v) is 9.22. The lowest BCUT2D eigenvalue weighted by atomic mass is 10.1. The van der Waals surface area contributed by atoms with Crippen LogP contribution < -0.4 is 5.14 Å². The molecule has 0 aliphatic heterocycles. The number of aromatic nitrogens is 1. The van der Waals surface area contributed by atoms with E-state index in [1.54, 1.807) is 31.3 Å². The topological polar surface area (TPSA) is 120 Å². The van der Waals surface area contributed by atoms with E-state index in [0.717, 1.165) is 5.56 Å². The van der Waals surface area contributed by atoms with Crippen molar-refractivity contribution in [3.05, 3.63) is 60.0 Å². The number of nitrogens with zero attached hydrogens (tertiary/aromatic N) is 2. The summed E-state index contributed by atoms with van der Waals surface area (Å²) < 4.78 is 33.0. The van der Waals surface area contributed by atoms with Gasteiger partial charge in [0.1, 0.15) is 0 Å². The molecule has 0 saturated heterocycles. The molecule has 26 heavy (non-hydrogen) atoms. The van der Waals surface area contributed by atoms with E-state index >= 15 is 0 Å². The third kappa shape index (κ3) is 3.53. The van der Waals surface area contributed by atoms with Gasteiger partial charge < -0.3 is 13.8 Å². The van der Waals surface area contributed by atoms with Gasteiger partial charge in [0.05, 0.1) is 17.2 Å². The number of rotatable bonds is 5. The summed E-state index contributed by atoms with van der Waals surface area (Å²) in [5.41, 5.74) is 0.898. The van der Waals surface area contributed by atoms with Gasteiger partial charge in [0, 0.05) is 13.1 Å². The molecule has 0 spiro atoms. The maximum Gasteiger partial charge on any atom is 0.276 e. The minimum absolute atomic E-state index is 0.0158. The molecular weight excluding hydrogens is 358 g/mol. The molecule has 1 amide bonds. The van der Waals surface area contributed by atoms with Crippen LogP contribution in [0.3, 0.4) is 0 Å². The van der Waals surface area contributed by atoms with Gasteiger partial charge in [-0.25, -0.2) is 13.6 Å². The van der Waals surface area contributed by atoms with Crippen LogP contribution in [-0.2, 0) is 10.0 Å². The van der Waals surface area contributed by atoms with Crippen molar-refractivity contribution in [3.63, 3.8) is 0 Å². The average molecular weight is 375 g/mol. The molecule has 0 fully saturated rings. The average Bonchev–Trinajstić information content (AvgIpc) is 3.30. The first-order chi connectivity index (χ1) is 12.3. The van der Waals surface area contributed by atoms with Crippen LogP contribution >= 0.6 is 0 Å². The molecule has 0 bridgehead atoms. The van der Waals surface area contributed by atoms with E-state index in [9.17, 15) is 13.2 Å². The fourth-order valence-electron chi connectivity index (χ4n) is 2.43. The van der Waals surface area contributed by atoms with Gasteiger partial charge in [0.15, 0.2) is 11.5 Å². The molecule has 3 aromatic rings. The number of carbonyl (C=O) groups is 1. The third-order valence-electron chi connectivity index (χ3n) is 4.09. The highest BCUT2D eigenvalue weighted by molar-refractivity contribution is 7.89. The molecule has 0 aliphatic carbocycles. The summed E-state index contributed by atoms with van der Waals surface area (Å²) in [6.07, 6.45) is 1.50. The molecule has 2 N–H and O–H groups in total. The zero-order valence-corrected chi connectivity index (χ0v) is 14.9. The molecule has 2 heterocycles. The van der Waals surface area contributed by atoms with Gasteiger partial charge in [-0.1, -0.05) is 17.3 Å². The van der Waals surface area contributed by atoms with E-state index < -0.39 is 10.0 Å². The fraction of sp³-hybridized carbons (Fsp3) is 0.176. The van der Waals surface area contributed by atoms with Crippen LogP contribution in [0.2, 0.25) is 0 Å². The van der Waals surface area contributed by atoms with Crippen molar-refractivity contribution in [2.24, 2.45) is 5.14 Å². The highest BCUT2D eigenvalue weighted by atomic mass is 32.2. The molecule has 0 saturated carbocycles. The number of sulfonamides is 1. The quantitative estimate of drug-likeness (QED) is 0.731. The standard InChI is InChI=1S/C17H17N3O5S/c1-11(12-5-7-13(8-6-12)26(18,22)23)20(2)17(21)14-10-16(25-19-14)15-4-3-9-24-15/h3-11H,1-2H3,(H2,18,22,23). The largest absolute Gasteiger partial charge is 0.461 e. The van der Waals surface area contributed by atoms with Gasteiger partial charge in [0.2, 0.25) is 15.8 Å². The molecule has 3 rings (SSSR count). The Morgan fingerprint density at radius 3 is 2.46 bits per heavy atom. The Kier molecular flexibility index (Phi) is 4.66. The molecule has 9 heteroatoms. The summed E-state index contributed by atoms with van der Waals surface area (Å²) in [6.45, 7) is 1.82. The molecule has 1 atom stereocenters. The highest BCUT2D eigenvalue weighted by Crippen LogP contribution is 2.24. The number of carbonyl (C=O) groups excluding carboxylic acids is 1. The van der Waals surface area contributed by atoms with Gasteiger partial charge in [-0.15, -0.1) is 0 Å². The first kappa shape index (κ1) is 17.9. The van der Waals surface area contributed by atoms with E-state index in [2.05, 4.69) is 5.16 Å². The van der Waals surface area contributed by atoms with Crippen molar-refractivity contribution in [1.82, 2.24) is 10.1 Å². The van der Waals surface area contributed by atoms with Crippen LogP contribution in [0.15, 0.2) is 62.6 Å². The highest BCUT2D eigenvalue weighted by Gasteiger charge is 2.23. The first-order valence-electron chi connectivity index (χ1n) is 7.68. The minimum atomic E-state index is -3.76. The summed E-state index contributed by atoms with van der Waals surface area (Å²) in [4.78, 5) is 14.1. The lowest BCUT2D eigenvalue weighted by Gasteiger charge is -2.24. The maximum absolute atomic E-state index is 12.6. The summed E-state index contributed by atoms with van der Waals surface area (Å²) >= 11 is 0. The van der Waals surface area contributed by atoms with Crippen LogP contribution in [-0.4, -0.2) is 31.4 Å². The Labute approximate surface area is 150 Å². The molecule has 0 aliphatic rings. The van der Waals surface area contributed by atoms with E-state index in [1.807, 2.05) is 6.92 Å². The Morgan fingerprint density at radius 1 is 1.19 bits per heavy atom. The lowest BCUT2D eigenvalue weighted by molar-refractivity contribution is 0.0732. The monoisotopic (exact) mass is 375 g/mol. The van der Waals surface area contributed by atoms with E-state index in [0.29, 0.717) is 11.5 Å². The van der Waals surface area contributed by atoms with Crippen molar-refractivity contribution in [2.45, 2.75) is 17.9 Å². The van der Waals surface area contributed by atoms with Crippen molar-refractivity contribution in [2.75, 3.05) is 7.05 Å². The molecule has 2 aromatic heterocycles. The number of benzene rings is 1. The smallest absolute Gasteiger partial charge is 0.276 e. The maximum atomic E-state index is 12.6. The molecule has 136 valence electrons. The van der Waals surface area contributed by atoms with Crippen LogP contribution in [0.25, 0.3) is 11.5 Å². The van der Waals surface area contributed by atoms with Gasteiger partial charge in [0.25, 0.3) is 5.91 Å². The Morgan fingerprint density at radius 2 is 1.88 bits per heavy atom. The second-order valence-corrected chi connectivity index (χ2v) is 7.32. The Hall–Kier alpha value is -2.91. The lowest BCUT2D eigenvalue weighted by Crippen LogP contribution is -2.29. The Bertz CT molecular complexity index is 1010. The molecule has 1 unspecified atom stereocenters. The summed E-state index contributed by atoms with van der Waals surface area (Å²) in [5.74, 6) is 0.498. The van der Waals surface area contributed by atoms with Crippen molar-refractivity contribution in [1.29, 1.82) is 0 Å². The molecule has 1 aromatic carbocycles. The van der Waals surface area contributed by atoms with Crippen molar-refractivity contribution >= 4 is 15.9 Å². The fourth-order valence-corrected chi connectivity index (χ4v) is 2.94. The van der Waals surface area contributed by atoms with Gasteiger partial charge in [-0.2, -0.15) is 0 Å². The Balaban J connectivity index is 1.77. The van der Waals surface area contributed by atoms with Crippen LogP contribution in [0, 0.1) is 0 Å². The number of furan rings is 1. The number of nitrogens with two attached hydrogens (primary N) is 1. The van der Waals surface area contributed by atoms with Crippen LogP contribution in [0.5, 0.6) is 0 Å². The zero-order valence-electron chi connectivity index (χ0n) is 14.1. The summed E-state index contributed by atoms with van der Waals surface area (Å²) in [5, 5.41) is 8.88. The zero-order chi connectivity index (χ0) is 18.9. The SMILES string of the molecule is CC(c1ccc(S(N)(=O)=O)cc1)N(C)C(=O)c1cc(-c2ccco2)on1. The third-order valence-corrected chi connectivity index (χ3v) is 5.01. The normalized spacial score (nSPS) is 12.7. The van der Waals surface area contributed by atoms with Gasteiger partial charge in [-0.05, 0) is 36.8 Å². The van der Waals surface area contributed by atoms with Crippen LogP contribution in [0.4, 0.5) is 0 Å².